The van der Waals surface area contributed by atoms with Crippen LogP contribution in [0.4, 0.5) is 0 Å². The lowest BCUT2D eigenvalue weighted by atomic mass is 10.1. The Kier molecular flexibility index (Phi) is 6.48. The van der Waals surface area contributed by atoms with Crippen molar-refractivity contribution in [3.8, 4) is 0 Å². The van der Waals surface area contributed by atoms with E-state index in [4.69, 9.17) is 0 Å². The van der Waals surface area contributed by atoms with Crippen molar-refractivity contribution >= 4 is 10.0 Å². The first-order chi connectivity index (χ1) is 8.99. The van der Waals surface area contributed by atoms with E-state index in [9.17, 15) is 8.42 Å². The maximum absolute atomic E-state index is 12.1. The third kappa shape index (κ3) is 5.30. The molecule has 1 aromatic carbocycles. The molecule has 5 heteroatoms. The second kappa shape index (κ2) is 7.62. The van der Waals surface area contributed by atoms with Gasteiger partial charge in [0.25, 0.3) is 0 Å². The molecule has 0 heterocycles. The van der Waals surface area contributed by atoms with E-state index in [2.05, 4.69) is 17.0 Å². The minimum atomic E-state index is -3.37. The predicted molar refractivity (Wildman–Crippen MR) is 78.7 cm³/mol. The number of sulfonamides is 1. The summed E-state index contributed by atoms with van der Waals surface area (Å²) in [5, 5.41) is 3.07. The van der Waals surface area contributed by atoms with Gasteiger partial charge in [-0.2, -0.15) is 0 Å². The summed E-state index contributed by atoms with van der Waals surface area (Å²) < 4.78 is 26.8. The molecule has 1 aromatic rings. The van der Waals surface area contributed by atoms with Gasteiger partial charge in [-0.3, -0.25) is 0 Å². The van der Waals surface area contributed by atoms with E-state index in [1.54, 1.807) is 12.1 Å². The molecule has 0 bridgehead atoms. The summed E-state index contributed by atoms with van der Waals surface area (Å²) in [7, 11) is -1.47. The zero-order valence-electron chi connectivity index (χ0n) is 11.9. The summed E-state index contributed by atoms with van der Waals surface area (Å²) in [4.78, 5) is 0.337. The molecular weight excluding hydrogens is 260 g/mol. The molecule has 19 heavy (non-hydrogen) atoms. The van der Waals surface area contributed by atoms with Gasteiger partial charge in [-0.15, -0.1) is 0 Å². The fourth-order valence-electron chi connectivity index (χ4n) is 1.58. The second-order valence-corrected chi connectivity index (χ2v) is 6.63. The highest BCUT2D eigenvalue weighted by atomic mass is 32.2. The fraction of sp³-hybridized carbons (Fsp3) is 0.571. The second-order valence-electron chi connectivity index (χ2n) is 4.86. The first-order valence-corrected chi connectivity index (χ1v) is 8.21. The van der Waals surface area contributed by atoms with Gasteiger partial charge >= 0.3 is 0 Å². The monoisotopic (exact) mass is 284 g/mol. The van der Waals surface area contributed by atoms with Crippen LogP contribution in [0.1, 0.15) is 25.8 Å². The van der Waals surface area contributed by atoms with E-state index in [0.717, 1.165) is 24.9 Å². The average molecular weight is 284 g/mol. The van der Waals surface area contributed by atoms with Gasteiger partial charge in [0.05, 0.1) is 4.90 Å². The van der Waals surface area contributed by atoms with Crippen LogP contribution in [-0.2, 0) is 16.4 Å². The Morgan fingerprint density at radius 1 is 1.21 bits per heavy atom. The number of benzene rings is 1. The predicted octanol–water partition coefficient (Wildman–Crippen LogP) is 1.77. The summed E-state index contributed by atoms with van der Waals surface area (Å²) in [6, 6.07) is 7.08. The van der Waals surface area contributed by atoms with Gasteiger partial charge in [0.15, 0.2) is 0 Å². The van der Waals surface area contributed by atoms with Crippen LogP contribution in [0.15, 0.2) is 29.2 Å². The SMILES string of the molecule is CCC(C)CNS(=O)(=O)c1ccc(CCNC)cc1. The van der Waals surface area contributed by atoms with Crippen molar-refractivity contribution in [2.75, 3.05) is 20.1 Å². The van der Waals surface area contributed by atoms with Gasteiger partial charge in [0.1, 0.15) is 0 Å². The lowest BCUT2D eigenvalue weighted by molar-refractivity contribution is 0.528. The van der Waals surface area contributed by atoms with Gasteiger partial charge in [0.2, 0.25) is 10.0 Å². The summed E-state index contributed by atoms with van der Waals surface area (Å²) in [6.45, 7) is 5.46. The largest absolute Gasteiger partial charge is 0.319 e. The Labute approximate surface area is 116 Å². The zero-order valence-corrected chi connectivity index (χ0v) is 12.8. The summed E-state index contributed by atoms with van der Waals surface area (Å²) >= 11 is 0. The molecule has 0 aromatic heterocycles. The standard InChI is InChI=1S/C14H24N2O2S/c1-4-12(2)11-16-19(17,18)14-7-5-13(6-8-14)9-10-15-3/h5-8,12,15-16H,4,9-11H2,1-3H3. The number of nitrogens with one attached hydrogen (secondary N) is 2. The first-order valence-electron chi connectivity index (χ1n) is 6.72. The Morgan fingerprint density at radius 2 is 1.84 bits per heavy atom. The van der Waals surface area contributed by atoms with Crippen LogP contribution in [0.25, 0.3) is 0 Å². The number of likely N-dealkylation sites (N-methyl/N-ethyl adjacent to an activating group) is 1. The molecule has 0 aliphatic rings. The first kappa shape index (κ1) is 16.1. The van der Waals surface area contributed by atoms with Crippen LogP contribution in [-0.4, -0.2) is 28.6 Å². The van der Waals surface area contributed by atoms with Crippen LogP contribution in [0.3, 0.4) is 0 Å². The van der Waals surface area contributed by atoms with Gasteiger partial charge < -0.3 is 5.32 Å². The molecule has 0 aliphatic heterocycles. The van der Waals surface area contributed by atoms with Crippen LogP contribution in [0.2, 0.25) is 0 Å². The van der Waals surface area contributed by atoms with Gasteiger partial charge in [-0.1, -0.05) is 32.4 Å². The molecule has 2 N–H and O–H groups in total. The van der Waals surface area contributed by atoms with Crippen LogP contribution >= 0.6 is 0 Å². The fourth-order valence-corrected chi connectivity index (χ4v) is 2.75. The van der Waals surface area contributed by atoms with Crippen molar-refractivity contribution in [2.24, 2.45) is 5.92 Å². The van der Waals surface area contributed by atoms with Crippen LogP contribution < -0.4 is 10.0 Å². The molecule has 0 spiro atoms. The molecule has 0 amide bonds. The van der Waals surface area contributed by atoms with Gasteiger partial charge in [0, 0.05) is 6.54 Å². The smallest absolute Gasteiger partial charge is 0.240 e. The van der Waals surface area contributed by atoms with Crippen molar-refractivity contribution in [3.05, 3.63) is 29.8 Å². The highest BCUT2D eigenvalue weighted by Crippen LogP contribution is 2.11. The van der Waals surface area contributed by atoms with E-state index >= 15 is 0 Å². The summed E-state index contributed by atoms with van der Waals surface area (Å²) in [6.07, 6.45) is 1.86. The molecule has 1 rings (SSSR count). The average Bonchev–Trinajstić information content (AvgIpc) is 2.43. The van der Waals surface area contributed by atoms with Crippen molar-refractivity contribution in [1.82, 2.24) is 10.0 Å². The summed E-state index contributed by atoms with van der Waals surface area (Å²) in [5.41, 5.74) is 1.13. The zero-order chi connectivity index (χ0) is 14.3. The maximum Gasteiger partial charge on any atom is 0.240 e. The Bertz CT molecular complexity index is 469. The van der Waals surface area contributed by atoms with E-state index in [-0.39, 0.29) is 0 Å². The molecule has 108 valence electrons. The normalized spacial score (nSPS) is 13.4. The topological polar surface area (TPSA) is 58.2 Å². The van der Waals surface area contributed by atoms with E-state index in [0.29, 0.717) is 17.4 Å². The molecule has 0 saturated carbocycles. The Morgan fingerprint density at radius 3 is 2.37 bits per heavy atom. The Hall–Kier alpha value is -0.910. The molecule has 0 aliphatic carbocycles. The van der Waals surface area contributed by atoms with Crippen LogP contribution in [0.5, 0.6) is 0 Å². The quantitative estimate of drug-likeness (QED) is 0.765. The van der Waals surface area contributed by atoms with Gasteiger partial charge in [-0.05, 0) is 43.6 Å². The minimum absolute atomic E-state index is 0.337. The number of rotatable bonds is 8. The van der Waals surface area contributed by atoms with E-state index < -0.39 is 10.0 Å². The Balaban J connectivity index is 2.68. The van der Waals surface area contributed by atoms with Gasteiger partial charge in [-0.25, -0.2) is 13.1 Å². The van der Waals surface area contributed by atoms with E-state index in [1.165, 1.54) is 0 Å². The minimum Gasteiger partial charge on any atom is -0.319 e. The molecule has 0 radical (unpaired) electrons. The molecule has 1 atom stereocenters. The highest BCUT2D eigenvalue weighted by molar-refractivity contribution is 7.89. The highest BCUT2D eigenvalue weighted by Gasteiger charge is 2.14. The molecule has 0 fully saturated rings. The molecule has 4 nitrogen and oxygen atoms in total. The summed E-state index contributed by atoms with van der Waals surface area (Å²) in [5.74, 6) is 0.352. The lowest BCUT2D eigenvalue weighted by Crippen LogP contribution is -2.28. The number of hydrogen-bond acceptors (Lipinski definition) is 3. The molecular formula is C14H24N2O2S. The maximum atomic E-state index is 12.1. The van der Waals surface area contributed by atoms with Crippen molar-refractivity contribution in [1.29, 1.82) is 0 Å². The number of hydrogen-bond donors (Lipinski definition) is 2. The van der Waals surface area contributed by atoms with Crippen LogP contribution in [0, 0.1) is 5.92 Å². The van der Waals surface area contributed by atoms with Crippen molar-refractivity contribution in [2.45, 2.75) is 31.6 Å². The molecule has 1 unspecified atom stereocenters. The molecule has 0 saturated heterocycles. The third-order valence-electron chi connectivity index (χ3n) is 3.22. The third-order valence-corrected chi connectivity index (χ3v) is 4.66. The van der Waals surface area contributed by atoms with E-state index in [1.807, 2.05) is 26.1 Å². The lowest BCUT2D eigenvalue weighted by Gasteiger charge is -2.11. The van der Waals surface area contributed by atoms with Crippen molar-refractivity contribution in [3.63, 3.8) is 0 Å². The van der Waals surface area contributed by atoms with Crippen molar-refractivity contribution < 1.29 is 8.42 Å².